The zero-order valence-corrected chi connectivity index (χ0v) is 50.7. The second-order valence-electron chi connectivity index (χ2n) is 19.7. The summed E-state index contributed by atoms with van der Waals surface area (Å²) in [6.45, 7) is 8.44. The summed E-state index contributed by atoms with van der Waals surface area (Å²) in [6.07, 6.45) is -11.2. The van der Waals surface area contributed by atoms with E-state index in [0.29, 0.717) is 13.2 Å². The summed E-state index contributed by atoms with van der Waals surface area (Å²) in [7, 11) is -1.60. The largest absolute Gasteiger partial charge is 0.456 e. The molecule has 7 heterocycles. The first kappa shape index (κ1) is 65.2. The monoisotopic (exact) mass is 1340 g/mol. The lowest BCUT2D eigenvalue weighted by atomic mass is 9.85. The summed E-state index contributed by atoms with van der Waals surface area (Å²) >= 11 is 51.4. The predicted octanol–water partition coefficient (Wildman–Crippen LogP) is 11.0. The Bertz CT molecular complexity index is 2640. The molecule has 7 aliphatic rings. The van der Waals surface area contributed by atoms with Gasteiger partial charge in [-0.3, -0.25) is 14.4 Å². The number of amides is 2. The van der Waals surface area contributed by atoms with Gasteiger partial charge in [0.05, 0.1) is 65.1 Å². The standard InChI is InChI=1S/C18H18Cl3F3NO6P.C17H20Cl3NO4.C16H16Cl3NO4/c1-8-11(25-15(26)17(19,20)21)14(31-32-16(27)18(22,23)24)29-10-7-28-13(30-12(8)10)9-5-3-2-4-6-9;1-9-13(21-16(22)17(18,19)20)10(2)24-12-8-23-15(25-14(9)12)11-6-4-3-5-7-11;1-8-11-14(24-15(20-11)16(17,18)19)22-10-7-21-13(23-12(8)10)9-5-3-2-4-6-9/h2-6,8,10-14,32H,7H2,1H3,(H,25,26);3-7,9-10,12-15H,8H2,1-2H3,(H,21,22);2-6,8,10-14H,7H2,1H3/t8-,10?,11?,12+,13?,14?;9-,10+,12?,13?,14+,15?;8-,10?,11?,12+,13?,14-/m111/s1. The van der Waals surface area contributed by atoms with Gasteiger partial charge in [-0.1, -0.05) is 216 Å². The van der Waals surface area contributed by atoms with Gasteiger partial charge in [0.2, 0.25) is 12.2 Å². The molecule has 81 heavy (non-hydrogen) atoms. The summed E-state index contributed by atoms with van der Waals surface area (Å²) in [4.78, 5) is 40.0. The summed E-state index contributed by atoms with van der Waals surface area (Å²) in [5, 5.41) is 5.18. The van der Waals surface area contributed by atoms with E-state index in [-0.39, 0.29) is 66.9 Å². The molecule has 30 heteroatoms. The summed E-state index contributed by atoms with van der Waals surface area (Å²) < 4.78 is 95.6. The van der Waals surface area contributed by atoms with E-state index in [9.17, 15) is 27.6 Å². The first-order valence-corrected chi connectivity index (χ1v) is 29.4. The number of benzene rings is 3. The average Bonchev–Trinajstić information content (AvgIpc) is 4.05. The third-order valence-corrected chi connectivity index (χ3v) is 16.4. The van der Waals surface area contributed by atoms with Gasteiger partial charge in [0.1, 0.15) is 24.4 Å². The van der Waals surface area contributed by atoms with Crippen molar-refractivity contribution in [1.82, 2.24) is 10.6 Å². The number of carbonyl (C=O) groups is 3. The molecule has 0 bridgehead atoms. The predicted molar refractivity (Wildman–Crippen MR) is 297 cm³/mol. The van der Waals surface area contributed by atoms with Crippen molar-refractivity contribution in [3.05, 3.63) is 108 Å². The number of aliphatic imine (C=N–C) groups is 1. The van der Waals surface area contributed by atoms with E-state index >= 15 is 0 Å². The molecular weight excluding hydrogens is 1290 g/mol. The highest BCUT2D eigenvalue weighted by Gasteiger charge is 2.55. The van der Waals surface area contributed by atoms with Gasteiger partial charge < -0.3 is 62.5 Å². The minimum absolute atomic E-state index is 0.0358. The van der Waals surface area contributed by atoms with Crippen molar-refractivity contribution in [2.75, 3.05) is 19.8 Å². The zero-order chi connectivity index (χ0) is 58.8. The van der Waals surface area contributed by atoms with Gasteiger partial charge in [-0.25, -0.2) is 4.99 Å². The lowest BCUT2D eigenvalue weighted by molar-refractivity contribution is -0.323. The second-order valence-corrected chi connectivity index (χ2v) is 27.4. The zero-order valence-electron chi connectivity index (χ0n) is 42.9. The number of halogens is 12. The van der Waals surface area contributed by atoms with Crippen molar-refractivity contribution in [2.45, 2.75) is 138 Å². The highest BCUT2D eigenvalue weighted by atomic mass is 35.6. The molecule has 10 rings (SSSR count). The summed E-state index contributed by atoms with van der Waals surface area (Å²) in [5.74, 6) is -2.22. The molecule has 0 aromatic heterocycles. The highest BCUT2D eigenvalue weighted by molar-refractivity contribution is 7.53. The minimum atomic E-state index is -5.07. The molecule has 2 N–H and O–H groups in total. The minimum Gasteiger partial charge on any atom is -0.446 e. The van der Waals surface area contributed by atoms with E-state index in [0.717, 1.165) is 16.7 Å². The fraction of sp³-hybridized carbons (Fsp3) is 0.569. The molecule has 6 fully saturated rings. The van der Waals surface area contributed by atoms with Crippen LogP contribution < -0.4 is 10.6 Å². The van der Waals surface area contributed by atoms with Gasteiger partial charge in [0.15, 0.2) is 25.2 Å². The number of ether oxygens (including phenoxy) is 10. The Morgan fingerprint density at radius 1 is 0.556 bits per heavy atom. The molecule has 7 aliphatic heterocycles. The van der Waals surface area contributed by atoms with Crippen LogP contribution in [-0.4, -0.2) is 134 Å². The van der Waals surface area contributed by atoms with Crippen LogP contribution in [0.2, 0.25) is 0 Å². The van der Waals surface area contributed by atoms with Crippen LogP contribution in [0.4, 0.5) is 13.2 Å². The SMILES string of the molecule is C[C@@H]1C(NC(=O)C(Cl)(Cl)Cl)C(OPC(=O)C(F)(F)F)OC2COC(c3ccccc3)O[C@H]21.C[C@@H]1C2N=C(C(Cl)(Cl)Cl)O[C@H]2OC2COC(c3ccccc3)O[C@H]21.C[C@@H]1OC2COC(c3ccccc3)O[C@H]2[C@H](C)C1NC(=O)C(Cl)(Cl)Cl. The van der Waals surface area contributed by atoms with Crippen LogP contribution in [-0.2, 0) is 66.3 Å². The third-order valence-electron chi connectivity index (χ3n) is 14.1. The van der Waals surface area contributed by atoms with E-state index in [4.69, 9.17) is 156 Å². The van der Waals surface area contributed by atoms with E-state index in [1.165, 1.54) is 0 Å². The Kier molecular flexibility index (Phi) is 22.1. The third kappa shape index (κ3) is 16.4. The summed E-state index contributed by atoms with van der Waals surface area (Å²) in [5.41, 5.74) is 0.574. The molecule has 17 nitrogen and oxygen atoms in total. The van der Waals surface area contributed by atoms with Gasteiger partial charge in [-0.2, -0.15) is 13.2 Å². The fourth-order valence-electron chi connectivity index (χ4n) is 10.0. The molecule has 0 saturated carbocycles. The second kappa shape index (κ2) is 27.5. The van der Waals surface area contributed by atoms with Crippen LogP contribution in [0, 0.1) is 17.8 Å². The maximum Gasteiger partial charge on any atom is 0.456 e. The van der Waals surface area contributed by atoms with Crippen molar-refractivity contribution in [3.8, 4) is 0 Å². The first-order valence-electron chi connectivity index (χ1n) is 25.1. The van der Waals surface area contributed by atoms with Gasteiger partial charge in [0, 0.05) is 34.4 Å². The fourth-order valence-corrected chi connectivity index (χ4v) is 11.2. The van der Waals surface area contributed by atoms with Crippen LogP contribution in [0.1, 0.15) is 63.3 Å². The molecule has 0 radical (unpaired) electrons. The Hall–Kier alpha value is -1.83. The number of alkyl halides is 12. The van der Waals surface area contributed by atoms with Crippen molar-refractivity contribution in [2.24, 2.45) is 22.7 Å². The highest BCUT2D eigenvalue weighted by Crippen LogP contribution is 2.45. The van der Waals surface area contributed by atoms with E-state index in [1.807, 2.05) is 87.5 Å². The number of rotatable bonds is 8. The number of nitrogens with zero attached hydrogens (tertiary/aromatic N) is 1. The number of fused-ring (bicyclic) bond motifs is 4. The van der Waals surface area contributed by atoms with Crippen molar-refractivity contribution < 1.29 is 79.4 Å². The Morgan fingerprint density at radius 3 is 1.37 bits per heavy atom. The number of hydrogen-bond donors (Lipinski definition) is 2. The topological polar surface area (TPSA) is 189 Å². The quantitative estimate of drug-likeness (QED) is 0.160. The Morgan fingerprint density at radius 2 is 0.951 bits per heavy atom. The van der Waals surface area contributed by atoms with Crippen LogP contribution in [0.3, 0.4) is 0 Å². The maximum absolute atomic E-state index is 12.6. The molecule has 19 atom stereocenters. The molecule has 2 amide bonds. The van der Waals surface area contributed by atoms with Crippen molar-refractivity contribution >= 4 is 136 Å². The lowest BCUT2D eigenvalue weighted by Gasteiger charge is -2.48. The molecule has 6 saturated heterocycles. The van der Waals surface area contributed by atoms with E-state index in [1.54, 1.807) is 31.2 Å². The van der Waals surface area contributed by atoms with Gasteiger partial charge in [0.25, 0.3) is 28.7 Å². The van der Waals surface area contributed by atoms with Crippen molar-refractivity contribution in [1.29, 1.82) is 0 Å². The van der Waals surface area contributed by atoms with Crippen LogP contribution >= 0.6 is 113 Å². The van der Waals surface area contributed by atoms with E-state index in [2.05, 4.69) is 15.6 Å². The number of nitrogens with one attached hydrogen (secondary N) is 2. The summed E-state index contributed by atoms with van der Waals surface area (Å²) in [6, 6.07) is 26.9. The lowest BCUT2D eigenvalue weighted by Crippen LogP contribution is -2.63. The van der Waals surface area contributed by atoms with E-state index < -0.39 is 99.3 Å². The van der Waals surface area contributed by atoms with Crippen LogP contribution in [0.5, 0.6) is 0 Å². The molecule has 446 valence electrons. The van der Waals surface area contributed by atoms with Crippen LogP contribution in [0.15, 0.2) is 96.0 Å². The van der Waals surface area contributed by atoms with Gasteiger partial charge >= 0.3 is 6.18 Å². The Balaban J connectivity index is 0.000000161. The maximum atomic E-state index is 12.6. The van der Waals surface area contributed by atoms with Gasteiger partial charge in [-0.15, -0.1) is 0 Å². The average molecular weight is 1340 g/mol. The molecule has 3 aromatic rings. The smallest absolute Gasteiger partial charge is 0.446 e. The molecule has 0 aliphatic carbocycles. The number of hydrogen-bond acceptors (Lipinski definition) is 15. The normalized spacial score (nSPS) is 34.9. The molecule has 11 unspecified atom stereocenters. The first-order chi connectivity index (χ1) is 38.1. The number of carbonyl (C=O) groups excluding carboxylic acids is 3. The molecular formula is C51H54Cl9F3N3O14P. The molecule has 0 spiro atoms. The van der Waals surface area contributed by atoms with Crippen molar-refractivity contribution in [3.63, 3.8) is 0 Å². The van der Waals surface area contributed by atoms with Crippen LogP contribution in [0.25, 0.3) is 0 Å². The molecule has 3 aromatic carbocycles. The van der Waals surface area contributed by atoms with Gasteiger partial charge in [-0.05, 0) is 6.92 Å². The Labute approximate surface area is 511 Å².